The molecule has 1 amide bonds. The normalized spacial score (nSPS) is 11.6. The van der Waals surface area contributed by atoms with Crippen molar-refractivity contribution in [2.75, 3.05) is 13.2 Å². The van der Waals surface area contributed by atoms with Gasteiger partial charge in [0.1, 0.15) is 23.0 Å². The van der Waals surface area contributed by atoms with Gasteiger partial charge in [-0.05, 0) is 43.7 Å². The second kappa shape index (κ2) is 8.05. The quantitative estimate of drug-likeness (QED) is 0.589. The molecule has 0 bridgehead atoms. The molecule has 3 rings (SSSR count). The molecule has 0 aliphatic carbocycles. The molecule has 2 aromatic heterocycles. The van der Waals surface area contributed by atoms with E-state index in [0.29, 0.717) is 23.1 Å². The molecule has 0 radical (unpaired) electrons. The molecule has 0 aliphatic heterocycles. The van der Waals surface area contributed by atoms with Gasteiger partial charge in [-0.25, -0.2) is 9.97 Å². The number of fused-ring (bicyclic) bond motifs is 1. The minimum atomic E-state index is -0.141. The number of hydrogen-bond acceptors (Lipinski definition) is 5. The molecule has 0 saturated carbocycles. The zero-order valence-corrected chi connectivity index (χ0v) is 18.3. The highest BCUT2D eigenvalue weighted by molar-refractivity contribution is 7.20. The number of halogens is 1. The van der Waals surface area contributed by atoms with Gasteiger partial charge in [0.25, 0.3) is 5.91 Å². The van der Waals surface area contributed by atoms with Gasteiger partial charge >= 0.3 is 0 Å². The summed E-state index contributed by atoms with van der Waals surface area (Å²) in [6.07, 6.45) is 0. The summed E-state index contributed by atoms with van der Waals surface area (Å²) in [4.78, 5) is 23.6. The van der Waals surface area contributed by atoms with E-state index in [1.54, 1.807) is 24.3 Å². The molecule has 1 aromatic carbocycles. The standard InChI is InChI=1S/C21H24ClN3O2S/c1-12-16-13(2)24-20(21(3,4)5)25-19(16)28-17(12)18(26)23-10-11-27-15-8-6-14(22)7-9-15/h6-9H,10-11H2,1-5H3,(H,23,26). The molecule has 7 heteroatoms. The third-order valence-electron chi connectivity index (χ3n) is 4.32. The first-order chi connectivity index (χ1) is 13.2. The van der Waals surface area contributed by atoms with Gasteiger partial charge in [-0.15, -0.1) is 11.3 Å². The van der Waals surface area contributed by atoms with E-state index in [2.05, 4.69) is 31.1 Å². The lowest BCUT2D eigenvalue weighted by atomic mass is 9.95. The molecular weight excluding hydrogens is 394 g/mol. The van der Waals surface area contributed by atoms with Crippen molar-refractivity contribution in [2.45, 2.75) is 40.0 Å². The first kappa shape index (κ1) is 20.6. The van der Waals surface area contributed by atoms with Crippen LogP contribution in [0.3, 0.4) is 0 Å². The fourth-order valence-corrected chi connectivity index (χ4v) is 4.11. The summed E-state index contributed by atoms with van der Waals surface area (Å²) in [5, 5.41) is 4.55. The number of thiophene rings is 1. The molecule has 0 unspecified atom stereocenters. The highest BCUT2D eigenvalue weighted by Gasteiger charge is 2.23. The van der Waals surface area contributed by atoms with Gasteiger partial charge in [0.15, 0.2) is 0 Å². The fourth-order valence-electron chi connectivity index (χ4n) is 2.84. The zero-order chi connectivity index (χ0) is 20.5. The molecular formula is C21H24ClN3O2S. The van der Waals surface area contributed by atoms with Crippen LogP contribution in [0.5, 0.6) is 5.75 Å². The van der Waals surface area contributed by atoms with Crippen LogP contribution in [-0.2, 0) is 5.41 Å². The molecule has 2 heterocycles. The average Bonchev–Trinajstić information content (AvgIpc) is 2.96. The molecule has 5 nitrogen and oxygen atoms in total. The van der Waals surface area contributed by atoms with Crippen LogP contribution in [0.25, 0.3) is 10.2 Å². The van der Waals surface area contributed by atoms with Crippen LogP contribution in [0.2, 0.25) is 5.02 Å². The third-order valence-corrected chi connectivity index (χ3v) is 5.75. The number of rotatable bonds is 5. The lowest BCUT2D eigenvalue weighted by Crippen LogP contribution is -2.27. The summed E-state index contributed by atoms with van der Waals surface area (Å²) in [6.45, 7) is 11.0. The number of nitrogens with zero attached hydrogens (tertiary/aromatic N) is 2. The highest BCUT2D eigenvalue weighted by atomic mass is 35.5. The van der Waals surface area contributed by atoms with E-state index in [1.807, 2.05) is 13.8 Å². The topological polar surface area (TPSA) is 64.1 Å². The number of carbonyl (C=O) groups is 1. The SMILES string of the molecule is Cc1nc(C(C)(C)C)nc2sc(C(=O)NCCOc3ccc(Cl)cc3)c(C)c12. The fraction of sp³-hybridized carbons (Fsp3) is 0.381. The number of aryl methyl sites for hydroxylation is 2. The molecule has 0 saturated heterocycles. The van der Waals surface area contributed by atoms with Gasteiger partial charge in [-0.2, -0.15) is 0 Å². The van der Waals surface area contributed by atoms with Crippen molar-refractivity contribution in [3.63, 3.8) is 0 Å². The van der Waals surface area contributed by atoms with Gasteiger partial charge < -0.3 is 10.1 Å². The molecule has 3 aromatic rings. The van der Waals surface area contributed by atoms with E-state index in [1.165, 1.54) is 11.3 Å². The Morgan fingerprint density at radius 3 is 2.50 bits per heavy atom. The van der Waals surface area contributed by atoms with Crippen LogP contribution in [0.1, 0.15) is 47.5 Å². The van der Waals surface area contributed by atoms with E-state index in [9.17, 15) is 4.79 Å². The van der Waals surface area contributed by atoms with Crippen LogP contribution in [0.4, 0.5) is 0 Å². The zero-order valence-electron chi connectivity index (χ0n) is 16.7. The number of amides is 1. The number of aromatic nitrogens is 2. The van der Waals surface area contributed by atoms with Crippen LogP contribution in [0.15, 0.2) is 24.3 Å². The number of hydrogen-bond donors (Lipinski definition) is 1. The number of benzene rings is 1. The maximum Gasteiger partial charge on any atom is 0.261 e. The van der Waals surface area contributed by atoms with Gasteiger partial charge in [0.2, 0.25) is 0 Å². The van der Waals surface area contributed by atoms with Crippen LogP contribution < -0.4 is 10.1 Å². The molecule has 28 heavy (non-hydrogen) atoms. The maximum absolute atomic E-state index is 12.7. The number of carbonyl (C=O) groups excluding carboxylic acids is 1. The van der Waals surface area contributed by atoms with Crippen molar-refractivity contribution in [1.82, 2.24) is 15.3 Å². The van der Waals surface area contributed by atoms with Crippen molar-refractivity contribution in [3.8, 4) is 5.75 Å². The highest BCUT2D eigenvalue weighted by Crippen LogP contribution is 2.33. The van der Waals surface area contributed by atoms with Gasteiger partial charge in [-0.3, -0.25) is 4.79 Å². The Kier molecular flexibility index (Phi) is 5.91. The van der Waals surface area contributed by atoms with Crippen molar-refractivity contribution in [1.29, 1.82) is 0 Å². The Bertz CT molecular complexity index is 1010. The largest absolute Gasteiger partial charge is 0.492 e. The summed E-state index contributed by atoms with van der Waals surface area (Å²) in [7, 11) is 0. The minimum absolute atomic E-state index is 0.114. The Morgan fingerprint density at radius 2 is 1.86 bits per heavy atom. The van der Waals surface area contributed by atoms with E-state index < -0.39 is 0 Å². The Balaban J connectivity index is 1.70. The smallest absolute Gasteiger partial charge is 0.261 e. The Labute approximate surface area is 174 Å². The van der Waals surface area contributed by atoms with E-state index >= 15 is 0 Å². The summed E-state index contributed by atoms with van der Waals surface area (Å²) in [5.41, 5.74) is 1.70. The predicted molar refractivity (Wildman–Crippen MR) is 115 cm³/mol. The van der Waals surface area contributed by atoms with Crippen LogP contribution in [0, 0.1) is 13.8 Å². The van der Waals surface area contributed by atoms with Crippen molar-refractivity contribution in [3.05, 3.63) is 51.2 Å². The van der Waals surface area contributed by atoms with Gasteiger partial charge in [0, 0.05) is 15.8 Å². The third kappa shape index (κ3) is 4.45. The van der Waals surface area contributed by atoms with Crippen molar-refractivity contribution >= 4 is 39.1 Å². The summed E-state index contributed by atoms with van der Waals surface area (Å²) < 4.78 is 5.62. The minimum Gasteiger partial charge on any atom is -0.492 e. The lowest BCUT2D eigenvalue weighted by molar-refractivity contribution is 0.0950. The summed E-state index contributed by atoms with van der Waals surface area (Å²) in [5.74, 6) is 1.40. The first-order valence-corrected chi connectivity index (χ1v) is 10.3. The Hall–Kier alpha value is -2.18. The van der Waals surface area contributed by atoms with Crippen molar-refractivity contribution in [2.24, 2.45) is 0 Å². The Morgan fingerprint density at radius 1 is 1.18 bits per heavy atom. The van der Waals surface area contributed by atoms with E-state index in [-0.39, 0.29) is 11.3 Å². The first-order valence-electron chi connectivity index (χ1n) is 9.11. The van der Waals surface area contributed by atoms with Crippen molar-refractivity contribution < 1.29 is 9.53 Å². The monoisotopic (exact) mass is 417 g/mol. The summed E-state index contributed by atoms with van der Waals surface area (Å²) >= 11 is 7.27. The molecule has 148 valence electrons. The van der Waals surface area contributed by atoms with E-state index in [4.69, 9.17) is 21.3 Å². The lowest BCUT2D eigenvalue weighted by Gasteiger charge is -2.16. The second-order valence-electron chi connectivity index (χ2n) is 7.68. The molecule has 1 N–H and O–H groups in total. The number of nitrogens with one attached hydrogen (secondary N) is 1. The molecule has 0 spiro atoms. The number of ether oxygens (including phenoxy) is 1. The summed E-state index contributed by atoms with van der Waals surface area (Å²) in [6, 6.07) is 7.14. The van der Waals surface area contributed by atoms with Gasteiger partial charge in [-0.1, -0.05) is 32.4 Å². The molecule has 0 fully saturated rings. The maximum atomic E-state index is 12.7. The predicted octanol–water partition coefficient (Wildman–Crippen LogP) is 5.07. The molecule has 0 aliphatic rings. The van der Waals surface area contributed by atoms with E-state index in [0.717, 1.165) is 33.0 Å². The van der Waals surface area contributed by atoms with Crippen LogP contribution >= 0.6 is 22.9 Å². The second-order valence-corrected chi connectivity index (χ2v) is 9.11. The van der Waals surface area contributed by atoms with Crippen LogP contribution in [-0.4, -0.2) is 29.0 Å². The van der Waals surface area contributed by atoms with Gasteiger partial charge in [0.05, 0.1) is 17.1 Å². The average molecular weight is 418 g/mol. The molecule has 0 atom stereocenters.